The number of benzene rings is 2. The topological polar surface area (TPSA) is 71.1 Å². The SMILES string of the molecule is [2H]/C(=C\C(=O)CC(=O)/C=C(\[2H])c1ccc(OC)c(OC([2H])([2H])[2H])c1)c1ccc(OC)c(OC([2H])([2H])[2H])c1. The van der Waals surface area contributed by atoms with E-state index < -0.39 is 32.1 Å². The predicted octanol–water partition coefficient (Wildman–Crippen LogP) is 3.98. The van der Waals surface area contributed by atoms with E-state index in [0.29, 0.717) is 0 Å². The molecule has 6 nitrogen and oxygen atoms in total. The summed E-state index contributed by atoms with van der Waals surface area (Å²) in [5.41, 5.74) is 0.301. The van der Waals surface area contributed by atoms with E-state index in [4.69, 9.17) is 29.9 Å². The summed E-state index contributed by atoms with van der Waals surface area (Å²) in [6, 6.07) is 7.45. The van der Waals surface area contributed by atoms with Crippen LogP contribution in [-0.2, 0) is 9.59 Å². The van der Waals surface area contributed by atoms with E-state index in [9.17, 15) is 9.59 Å². The quantitative estimate of drug-likeness (QED) is 0.441. The van der Waals surface area contributed by atoms with Gasteiger partial charge in [0.2, 0.25) is 0 Å². The molecule has 0 bridgehead atoms. The fourth-order valence-corrected chi connectivity index (χ4v) is 2.29. The minimum Gasteiger partial charge on any atom is -0.493 e. The molecule has 2 rings (SSSR count). The van der Waals surface area contributed by atoms with Gasteiger partial charge in [-0.1, -0.05) is 24.2 Å². The summed E-state index contributed by atoms with van der Waals surface area (Å²) < 4.78 is 79.5. The van der Waals surface area contributed by atoms with Gasteiger partial charge in [0.1, 0.15) is 0 Å². The Hall–Kier alpha value is -3.54. The van der Waals surface area contributed by atoms with E-state index in [1.54, 1.807) is 0 Å². The highest BCUT2D eigenvalue weighted by Crippen LogP contribution is 2.28. The van der Waals surface area contributed by atoms with Gasteiger partial charge >= 0.3 is 0 Å². The molecular formula is C23H24O6. The zero-order valence-corrected chi connectivity index (χ0v) is 15.8. The summed E-state index contributed by atoms with van der Waals surface area (Å²) in [5, 5.41) is 0. The highest BCUT2D eigenvalue weighted by atomic mass is 16.5. The van der Waals surface area contributed by atoms with Crippen molar-refractivity contribution in [3.63, 3.8) is 0 Å². The molecule has 0 aliphatic carbocycles. The fourth-order valence-electron chi connectivity index (χ4n) is 2.29. The van der Waals surface area contributed by atoms with E-state index in [2.05, 4.69) is 0 Å². The second-order valence-corrected chi connectivity index (χ2v) is 5.62. The predicted molar refractivity (Wildman–Crippen MR) is 112 cm³/mol. The lowest BCUT2D eigenvalue weighted by Gasteiger charge is -2.07. The maximum absolute atomic E-state index is 12.3. The third-order valence-corrected chi connectivity index (χ3v) is 3.70. The first-order valence-electron chi connectivity index (χ1n) is 12.3. The van der Waals surface area contributed by atoms with Crippen molar-refractivity contribution in [3.05, 3.63) is 59.7 Å². The first kappa shape index (κ1) is 12.8. The van der Waals surface area contributed by atoms with Crippen LogP contribution in [0, 0.1) is 0 Å². The summed E-state index contributed by atoms with van der Waals surface area (Å²) in [5.74, 6) is -1.51. The summed E-state index contributed by atoms with van der Waals surface area (Å²) in [6.45, 7) is 0. The number of hydrogen-bond acceptors (Lipinski definition) is 6. The molecule has 0 saturated heterocycles. The molecule has 0 aliphatic rings. The van der Waals surface area contributed by atoms with Crippen molar-refractivity contribution in [2.24, 2.45) is 0 Å². The standard InChI is InChI=1S/C23H24O6/c1-26-20-11-7-16(13-22(20)28-3)5-9-18(24)15-19(25)10-6-17-8-12-21(27-2)23(14-17)29-4/h5-14H,15H2,1-4H3/b9-5+,10-6+/i3D3,4D3,5D,6D. The molecule has 0 aliphatic heterocycles. The van der Waals surface area contributed by atoms with E-state index in [-0.39, 0.29) is 46.2 Å². The first-order valence-corrected chi connectivity index (χ1v) is 8.29. The van der Waals surface area contributed by atoms with E-state index in [0.717, 1.165) is 12.2 Å². The van der Waals surface area contributed by atoms with Gasteiger partial charge in [0.05, 0.1) is 45.7 Å². The third kappa shape index (κ3) is 6.24. The van der Waals surface area contributed by atoms with Crippen LogP contribution in [0.15, 0.2) is 48.6 Å². The molecule has 0 heterocycles. The number of methoxy groups -OCH3 is 4. The first-order chi connectivity index (χ1) is 17.1. The largest absolute Gasteiger partial charge is 0.493 e. The van der Waals surface area contributed by atoms with Crippen molar-refractivity contribution in [1.82, 2.24) is 0 Å². The van der Waals surface area contributed by atoms with Gasteiger partial charge in [0, 0.05) is 0 Å². The number of carbonyl (C=O) groups is 2. The summed E-state index contributed by atoms with van der Waals surface area (Å²) >= 11 is 0. The number of carbonyl (C=O) groups excluding carboxylic acids is 2. The van der Waals surface area contributed by atoms with Crippen molar-refractivity contribution in [2.45, 2.75) is 6.42 Å². The molecule has 0 amide bonds. The minimum absolute atomic E-state index is 0.119. The summed E-state index contributed by atoms with van der Waals surface area (Å²) in [6.07, 6.45) is 1.15. The molecule has 0 N–H and O–H groups in total. The maximum atomic E-state index is 12.3. The number of ketones is 2. The van der Waals surface area contributed by atoms with Gasteiger partial charge < -0.3 is 18.9 Å². The Morgan fingerprint density at radius 1 is 0.793 bits per heavy atom. The number of rotatable bonds is 10. The van der Waals surface area contributed by atoms with Crippen LogP contribution in [0.25, 0.3) is 12.1 Å². The Bertz CT molecular complexity index is 1120. The average molecular weight is 404 g/mol. The molecule has 0 unspecified atom stereocenters. The lowest BCUT2D eigenvalue weighted by molar-refractivity contribution is -0.121. The van der Waals surface area contributed by atoms with Crippen LogP contribution in [0.1, 0.15) is 28.5 Å². The van der Waals surface area contributed by atoms with Crippen LogP contribution < -0.4 is 18.9 Å². The van der Waals surface area contributed by atoms with Gasteiger partial charge in [-0.25, -0.2) is 0 Å². The van der Waals surface area contributed by atoms with Gasteiger partial charge in [0.25, 0.3) is 0 Å². The van der Waals surface area contributed by atoms with Crippen LogP contribution in [0.5, 0.6) is 23.0 Å². The molecular weight excluding hydrogens is 372 g/mol. The molecule has 0 atom stereocenters. The van der Waals surface area contributed by atoms with Crippen LogP contribution in [0.3, 0.4) is 0 Å². The van der Waals surface area contributed by atoms with Gasteiger partial charge in [-0.05, 0) is 47.5 Å². The van der Waals surface area contributed by atoms with Crippen molar-refractivity contribution in [1.29, 1.82) is 0 Å². The highest BCUT2D eigenvalue weighted by molar-refractivity contribution is 6.10. The Morgan fingerprint density at radius 2 is 1.24 bits per heavy atom. The normalized spacial score (nSPS) is 16.5. The monoisotopic (exact) mass is 404 g/mol. The Labute approximate surface area is 181 Å². The molecule has 0 saturated carbocycles. The maximum Gasteiger partial charge on any atom is 0.163 e. The lowest BCUT2D eigenvalue weighted by atomic mass is 10.1. The molecule has 6 heteroatoms. The molecule has 2 aromatic carbocycles. The van der Waals surface area contributed by atoms with E-state index >= 15 is 0 Å². The van der Waals surface area contributed by atoms with Crippen LogP contribution in [-0.4, -0.2) is 39.9 Å². The Kier molecular flexibility index (Phi) is 4.74. The van der Waals surface area contributed by atoms with Gasteiger partial charge in [-0.2, -0.15) is 0 Å². The van der Waals surface area contributed by atoms with Crippen LogP contribution in [0.2, 0.25) is 0 Å². The fraction of sp³-hybridized carbons (Fsp3) is 0.217. The van der Waals surface area contributed by atoms with Gasteiger partial charge in [0.15, 0.2) is 34.6 Å². The van der Waals surface area contributed by atoms with E-state index in [1.165, 1.54) is 50.6 Å². The number of hydrogen-bond donors (Lipinski definition) is 0. The second-order valence-electron chi connectivity index (χ2n) is 5.62. The molecule has 2 aromatic rings. The summed E-state index contributed by atoms with van der Waals surface area (Å²) in [7, 11) is -2.89. The molecule has 0 aromatic heterocycles. The van der Waals surface area contributed by atoms with Gasteiger partial charge in [-0.15, -0.1) is 0 Å². The van der Waals surface area contributed by atoms with Crippen LogP contribution >= 0.6 is 0 Å². The number of allylic oxidation sites excluding steroid dienone is 2. The molecule has 0 radical (unpaired) electrons. The lowest BCUT2D eigenvalue weighted by Crippen LogP contribution is -2.02. The van der Waals surface area contributed by atoms with Crippen molar-refractivity contribution < 1.29 is 39.5 Å². The number of ether oxygens (including phenoxy) is 4. The molecule has 29 heavy (non-hydrogen) atoms. The van der Waals surface area contributed by atoms with Crippen molar-refractivity contribution in [3.8, 4) is 23.0 Å². The summed E-state index contributed by atoms with van der Waals surface area (Å²) in [4.78, 5) is 24.7. The van der Waals surface area contributed by atoms with Crippen molar-refractivity contribution >= 4 is 23.7 Å². The minimum atomic E-state index is -2.76. The Balaban J connectivity index is 2.18. The van der Waals surface area contributed by atoms with Gasteiger partial charge in [-0.3, -0.25) is 9.59 Å². The second kappa shape index (κ2) is 10.7. The molecule has 152 valence electrons. The van der Waals surface area contributed by atoms with Crippen LogP contribution in [0.4, 0.5) is 0 Å². The molecule has 0 spiro atoms. The smallest absolute Gasteiger partial charge is 0.163 e. The zero-order chi connectivity index (χ0) is 28.0. The van der Waals surface area contributed by atoms with E-state index in [1.807, 2.05) is 0 Å². The highest BCUT2D eigenvalue weighted by Gasteiger charge is 2.07. The third-order valence-electron chi connectivity index (χ3n) is 3.70. The Morgan fingerprint density at radius 3 is 1.62 bits per heavy atom. The molecule has 0 fully saturated rings. The van der Waals surface area contributed by atoms with Crippen molar-refractivity contribution in [2.75, 3.05) is 28.3 Å². The average Bonchev–Trinajstić information content (AvgIpc) is 2.76. The zero-order valence-electron chi connectivity index (χ0n) is 23.8.